The van der Waals surface area contributed by atoms with Crippen LogP contribution in [0.3, 0.4) is 0 Å². The lowest BCUT2D eigenvalue weighted by Crippen LogP contribution is -1.83. The molecule has 2 nitrogen and oxygen atoms in total. The minimum Gasteiger partial charge on any atom is -0.278 e. The van der Waals surface area contributed by atoms with Crippen molar-refractivity contribution in [2.75, 3.05) is 0 Å². The molecule has 0 aliphatic heterocycles. The molecule has 0 saturated carbocycles. The van der Waals surface area contributed by atoms with Gasteiger partial charge in [0.05, 0.1) is 11.9 Å². The first kappa shape index (κ1) is 20.0. The molecular formula is C17H32N2. The maximum absolute atomic E-state index is 3.92. The second-order valence-electron chi connectivity index (χ2n) is 4.72. The van der Waals surface area contributed by atoms with Crippen LogP contribution >= 0.6 is 0 Å². The highest BCUT2D eigenvalue weighted by Crippen LogP contribution is 2.19. The van der Waals surface area contributed by atoms with Gasteiger partial charge in [0, 0.05) is 5.56 Å². The van der Waals surface area contributed by atoms with E-state index >= 15 is 0 Å². The Kier molecular flexibility index (Phi) is 13.8. The molecule has 2 heteroatoms. The molecule has 0 spiro atoms. The lowest BCUT2D eigenvalue weighted by atomic mass is 10.1. The zero-order valence-corrected chi connectivity index (χ0v) is 13.8. The van der Waals surface area contributed by atoms with Gasteiger partial charge in [-0.1, -0.05) is 66.5 Å². The van der Waals surface area contributed by atoms with Crippen LogP contribution in [0.1, 0.15) is 78.5 Å². The Balaban J connectivity index is 0. The fourth-order valence-corrected chi connectivity index (χ4v) is 0.935. The summed E-state index contributed by atoms with van der Waals surface area (Å²) in [5.74, 6) is 0. The Bertz CT molecular complexity index is 311. The average Bonchev–Trinajstić information content (AvgIpc) is 2.89. The Morgan fingerprint density at radius 1 is 0.947 bits per heavy atom. The molecule has 0 aliphatic rings. The molecule has 0 bridgehead atoms. The Labute approximate surface area is 120 Å². The van der Waals surface area contributed by atoms with E-state index in [-0.39, 0.29) is 0 Å². The van der Waals surface area contributed by atoms with Gasteiger partial charge in [0.1, 0.15) is 0 Å². The quantitative estimate of drug-likeness (QED) is 0.700. The largest absolute Gasteiger partial charge is 0.278 e. The normalized spacial score (nSPS) is 8.74. The van der Waals surface area contributed by atoms with Gasteiger partial charge < -0.3 is 0 Å². The number of H-pyrrole nitrogens is 1. The van der Waals surface area contributed by atoms with E-state index in [1.54, 1.807) is 6.20 Å². The Morgan fingerprint density at radius 2 is 1.37 bits per heavy atom. The highest BCUT2D eigenvalue weighted by atomic mass is 15.1. The van der Waals surface area contributed by atoms with Gasteiger partial charge >= 0.3 is 0 Å². The third kappa shape index (κ3) is 10.3. The van der Waals surface area contributed by atoms with Crippen molar-refractivity contribution >= 4 is 11.1 Å². The SMILES string of the molecule is C=C(C)c1cn[nH]c1C(=C)C.CCCC.CCCC. The molecule has 1 rings (SSSR count). The van der Waals surface area contributed by atoms with Crippen molar-refractivity contribution in [2.45, 2.75) is 67.2 Å². The van der Waals surface area contributed by atoms with E-state index in [0.29, 0.717) is 0 Å². The van der Waals surface area contributed by atoms with Crippen LogP contribution in [0.4, 0.5) is 0 Å². The van der Waals surface area contributed by atoms with Crippen molar-refractivity contribution in [2.24, 2.45) is 0 Å². The summed E-state index contributed by atoms with van der Waals surface area (Å²) < 4.78 is 0. The van der Waals surface area contributed by atoms with Gasteiger partial charge in [-0.2, -0.15) is 5.10 Å². The number of aromatic amines is 1. The number of hydrogen-bond acceptors (Lipinski definition) is 1. The molecule has 1 aromatic rings. The zero-order chi connectivity index (χ0) is 15.3. The van der Waals surface area contributed by atoms with Crippen molar-refractivity contribution in [3.63, 3.8) is 0 Å². The molecule has 0 unspecified atom stereocenters. The minimum absolute atomic E-state index is 0.984. The van der Waals surface area contributed by atoms with Crippen LogP contribution < -0.4 is 0 Å². The molecule has 1 aromatic heterocycles. The van der Waals surface area contributed by atoms with Crippen molar-refractivity contribution in [1.82, 2.24) is 10.2 Å². The summed E-state index contributed by atoms with van der Waals surface area (Å²) in [5.41, 5.74) is 4.03. The maximum Gasteiger partial charge on any atom is 0.0675 e. The van der Waals surface area contributed by atoms with Gasteiger partial charge in [0.2, 0.25) is 0 Å². The number of nitrogens with zero attached hydrogens (tertiary/aromatic N) is 1. The van der Waals surface area contributed by atoms with Crippen LogP contribution in [0, 0.1) is 0 Å². The summed E-state index contributed by atoms with van der Waals surface area (Å²) in [6.07, 6.45) is 7.05. The van der Waals surface area contributed by atoms with Gasteiger partial charge in [-0.25, -0.2) is 0 Å². The summed E-state index contributed by atoms with van der Waals surface area (Å²) in [7, 11) is 0. The molecule has 110 valence electrons. The van der Waals surface area contributed by atoms with Crippen molar-refractivity contribution in [1.29, 1.82) is 0 Å². The molecule has 0 aliphatic carbocycles. The van der Waals surface area contributed by atoms with E-state index in [4.69, 9.17) is 0 Å². The summed E-state index contributed by atoms with van der Waals surface area (Å²) in [4.78, 5) is 0. The molecule has 0 fully saturated rings. The fraction of sp³-hybridized carbons (Fsp3) is 0.588. The smallest absolute Gasteiger partial charge is 0.0675 e. The van der Waals surface area contributed by atoms with E-state index in [1.807, 2.05) is 13.8 Å². The van der Waals surface area contributed by atoms with Crippen LogP contribution in [-0.2, 0) is 0 Å². The van der Waals surface area contributed by atoms with E-state index in [2.05, 4.69) is 51.1 Å². The average molecular weight is 264 g/mol. The first-order valence-corrected chi connectivity index (χ1v) is 7.31. The molecule has 0 radical (unpaired) electrons. The van der Waals surface area contributed by atoms with Gasteiger partial charge in [-0.3, -0.25) is 5.10 Å². The first-order chi connectivity index (χ1) is 8.95. The number of allylic oxidation sites excluding steroid dienone is 2. The fourth-order valence-electron chi connectivity index (χ4n) is 0.935. The van der Waals surface area contributed by atoms with Crippen molar-refractivity contribution < 1.29 is 0 Å². The molecule has 0 amide bonds. The standard InChI is InChI=1S/C9H12N2.2C4H10/c1-6(2)8-5-10-11-9(8)7(3)4;2*1-3-4-2/h5H,1,3H2,2,4H3,(H,10,11);2*3-4H2,1-2H3. The molecule has 0 aromatic carbocycles. The highest BCUT2D eigenvalue weighted by Gasteiger charge is 2.04. The molecule has 0 saturated heterocycles. The number of rotatable bonds is 4. The van der Waals surface area contributed by atoms with Crippen LogP contribution in [0.15, 0.2) is 19.4 Å². The third-order valence-electron chi connectivity index (χ3n) is 2.53. The summed E-state index contributed by atoms with van der Waals surface area (Å²) in [6, 6.07) is 0. The van der Waals surface area contributed by atoms with Gasteiger partial charge in [-0.15, -0.1) is 0 Å². The molecule has 19 heavy (non-hydrogen) atoms. The second kappa shape index (κ2) is 13.1. The van der Waals surface area contributed by atoms with Gasteiger partial charge in [0.25, 0.3) is 0 Å². The zero-order valence-electron chi connectivity index (χ0n) is 13.8. The predicted octanol–water partition coefficient (Wildman–Crippen LogP) is 6.09. The van der Waals surface area contributed by atoms with E-state index in [0.717, 1.165) is 22.4 Å². The van der Waals surface area contributed by atoms with Gasteiger partial charge in [-0.05, 0) is 25.0 Å². The third-order valence-corrected chi connectivity index (χ3v) is 2.53. The van der Waals surface area contributed by atoms with Crippen LogP contribution in [0.2, 0.25) is 0 Å². The molecule has 1 N–H and O–H groups in total. The van der Waals surface area contributed by atoms with Gasteiger partial charge in [0.15, 0.2) is 0 Å². The summed E-state index contributed by atoms with van der Waals surface area (Å²) in [5, 5.41) is 6.79. The topological polar surface area (TPSA) is 28.7 Å². The second-order valence-corrected chi connectivity index (χ2v) is 4.72. The van der Waals surface area contributed by atoms with Crippen LogP contribution in [-0.4, -0.2) is 10.2 Å². The molecular weight excluding hydrogens is 232 g/mol. The first-order valence-electron chi connectivity index (χ1n) is 7.31. The molecule has 0 atom stereocenters. The lowest BCUT2D eigenvalue weighted by Gasteiger charge is -1.99. The Morgan fingerprint density at radius 3 is 1.58 bits per heavy atom. The number of nitrogens with one attached hydrogen (secondary N) is 1. The van der Waals surface area contributed by atoms with E-state index < -0.39 is 0 Å². The summed E-state index contributed by atoms with van der Waals surface area (Å²) in [6.45, 7) is 20.3. The van der Waals surface area contributed by atoms with E-state index in [1.165, 1.54) is 25.7 Å². The van der Waals surface area contributed by atoms with Crippen molar-refractivity contribution in [3.8, 4) is 0 Å². The lowest BCUT2D eigenvalue weighted by molar-refractivity contribution is 0.886. The van der Waals surface area contributed by atoms with E-state index in [9.17, 15) is 0 Å². The monoisotopic (exact) mass is 264 g/mol. The predicted molar refractivity (Wildman–Crippen MR) is 89.2 cm³/mol. The molecule has 1 heterocycles. The summed E-state index contributed by atoms with van der Waals surface area (Å²) >= 11 is 0. The maximum atomic E-state index is 3.92. The number of aromatic nitrogens is 2. The van der Waals surface area contributed by atoms with Crippen molar-refractivity contribution in [3.05, 3.63) is 30.6 Å². The number of unbranched alkanes of at least 4 members (excludes halogenated alkanes) is 2. The highest BCUT2D eigenvalue weighted by molar-refractivity contribution is 5.73. The van der Waals surface area contributed by atoms with Crippen LogP contribution in [0.25, 0.3) is 11.1 Å². The minimum atomic E-state index is 0.984. The van der Waals surface area contributed by atoms with Crippen LogP contribution in [0.5, 0.6) is 0 Å². The number of hydrogen-bond donors (Lipinski definition) is 1. The Hall–Kier alpha value is -1.31.